The van der Waals surface area contributed by atoms with Crippen molar-refractivity contribution in [1.82, 2.24) is 35.8 Å². The first-order valence-electron chi connectivity index (χ1n) is 14.4. The summed E-state index contributed by atoms with van der Waals surface area (Å²) in [6.45, 7) is 6.30. The lowest BCUT2D eigenvalue weighted by atomic mass is 9.92. The summed E-state index contributed by atoms with van der Waals surface area (Å²) in [5.41, 5.74) is 2.15. The van der Waals surface area contributed by atoms with E-state index in [4.69, 9.17) is 0 Å². The highest BCUT2D eigenvalue weighted by Crippen LogP contribution is 2.25. The Balaban J connectivity index is 1.45. The van der Waals surface area contributed by atoms with Crippen LogP contribution in [-0.2, 0) is 20.8 Å². The monoisotopic (exact) mass is 561 g/mol. The van der Waals surface area contributed by atoms with Crippen molar-refractivity contribution in [1.29, 1.82) is 0 Å². The molecule has 2 aliphatic rings. The number of carbonyl (C=O) groups is 4. The number of H-pyrrole nitrogens is 2. The molecule has 0 radical (unpaired) electrons. The maximum atomic E-state index is 14.2. The SMILES string of the molecule is CC(C)[C@@H]1CC[C@@H](C)CC(=O)N[C@H](Cc2c[nH]c3ccccc23)C(=O)N2C[C@H](NC(=O)c3cnc[nH]3)C[C@H]2C(=O)N1. The average molecular weight is 562 g/mol. The number of amides is 4. The number of nitrogens with zero attached hydrogens (tertiary/aromatic N) is 2. The second-order valence-electron chi connectivity index (χ2n) is 11.8. The Labute approximate surface area is 239 Å². The van der Waals surface area contributed by atoms with Gasteiger partial charge >= 0.3 is 0 Å². The molecule has 0 unspecified atom stereocenters. The van der Waals surface area contributed by atoms with Crippen molar-refractivity contribution in [3.63, 3.8) is 0 Å². The predicted octanol–water partition coefficient (Wildman–Crippen LogP) is 2.28. The number of fused-ring (bicyclic) bond motifs is 2. The van der Waals surface area contributed by atoms with Gasteiger partial charge in [-0.1, -0.05) is 39.0 Å². The minimum atomic E-state index is -0.868. The summed E-state index contributed by atoms with van der Waals surface area (Å²) in [6.07, 6.45) is 7.05. The summed E-state index contributed by atoms with van der Waals surface area (Å²) in [4.78, 5) is 65.4. The lowest BCUT2D eigenvalue weighted by Gasteiger charge is -2.30. The molecule has 4 heterocycles. The van der Waals surface area contributed by atoms with Gasteiger partial charge in [0.1, 0.15) is 17.8 Å². The number of aromatic nitrogens is 3. The quantitative estimate of drug-likeness (QED) is 0.324. The van der Waals surface area contributed by atoms with Gasteiger partial charge in [-0.15, -0.1) is 0 Å². The molecule has 5 N–H and O–H groups in total. The molecule has 2 fully saturated rings. The molecule has 0 bridgehead atoms. The number of rotatable bonds is 5. The second-order valence-corrected chi connectivity index (χ2v) is 11.8. The highest BCUT2D eigenvalue weighted by atomic mass is 16.2. The van der Waals surface area contributed by atoms with E-state index in [2.05, 4.69) is 44.7 Å². The molecule has 2 saturated heterocycles. The minimum Gasteiger partial charge on any atom is -0.361 e. The first kappa shape index (κ1) is 28.4. The Bertz CT molecular complexity index is 1400. The zero-order valence-electron chi connectivity index (χ0n) is 23.8. The lowest BCUT2D eigenvalue weighted by Crippen LogP contribution is -2.55. The van der Waals surface area contributed by atoms with Gasteiger partial charge in [-0.3, -0.25) is 19.2 Å². The summed E-state index contributed by atoms with van der Waals surface area (Å²) in [7, 11) is 0. The van der Waals surface area contributed by atoms with Gasteiger partial charge in [0.15, 0.2) is 0 Å². The Morgan fingerprint density at radius 1 is 1.12 bits per heavy atom. The van der Waals surface area contributed by atoms with Gasteiger partial charge in [-0.25, -0.2) is 4.98 Å². The Hall–Kier alpha value is -4.15. The van der Waals surface area contributed by atoms with E-state index in [0.717, 1.165) is 29.3 Å². The molecule has 2 aliphatic heterocycles. The molecular weight excluding hydrogens is 522 g/mol. The van der Waals surface area contributed by atoms with E-state index < -0.39 is 18.1 Å². The van der Waals surface area contributed by atoms with Gasteiger partial charge in [0.2, 0.25) is 17.7 Å². The van der Waals surface area contributed by atoms with E-state index in [1.165, 1.54) is 17.4 Å². The summed E-state index contributed by atoms with van der Waals surface area (Å²) in [5.74, 6) is -0.835. The summed E-state index contributed by atoms with van der Waals surface area (Å²) in [5, 5.41) is 10.1. The zero-order valence-corrected chi connectivity index (χ0v) is 23.8. The third-order valence-corrected chi connectivity index (χ3v) is 8.33. The van der Waals surface area contributed by atoms with Crippen LogP contribution in [0.3, 0.4) is 0 Å². The first-order valence-corrected chi connectivity index (χ1v) is 14.4. The maximum absolute atomic E-state index is 14.2. The van der Waals surface area contributed by atoms with Crippen molar-refractivity contribution in [2.24, 2.45) is 11.8 Å². The molecule has 5 atom stereocenters. The molecule has 218 valence electrons. The molecule has 11 heteroatoms. The van der Waals surface area contributed by atoms with Gasteiger partial charge in [0, 0.05) is 48.6 Å². The van der Waals surface area contributed by atoms with E-state index in [0.29, 0.717) is 12.1 Å². The van der Waals surface area contributed by atoms with E-state index in [1.54, 1.807) is 0 Å². The maximum Gasteiger partial charge on any atom is 0.269 e. The fraction of sp³-hybridized carbons (Fsp3) is 0.500. The molecule has 5 rings (SSSR count). The molecule has 0 saturated carbocycles. The molecule has 41 heavy (non-hydrogen) atoms. The number of carbonyl (C=O) groups excluding carboxylic acids is 4. The molecule has 11 nitrogen and oxygen atoms in total. The van der Waals surface area contributed by atoms with E-state index in [1.807, 2.05) is 37.4 Å². The van der Waals surface area contributed by atoms with Gasteiger partial charge in [-0.2, -0.15) is 0 Å². The number of hydrogen-bond acceptors (Lipinski definition) is 5. The lowest BCUT2D eigenvalue weighted by molar-refractivity contribution is -0.141. The second kappa shape index (κ2) is 12.2. The van der Waals surface area contributed by atoms with Crippen LogP contribution in [-0.4, -0.2) is 74.2 Å². The van der Waals surface area contributed by atoms with Crippen molar-refractivity contribution in [3.8, 4) is 0 Å². The number of para-hydroxylation sites is 1. The minimum absolute atomic E-state index is 0.0913. The van der Waals surface area contributed by atoms with Crippen molar-refractivity contribution >= 4 is 34.5 Å². The molecule has 4 amide bonds. The van der Waals surface area contributed by atoms with Crippen molar-refractivity contribution in [2.45, 2.75) is 77.0 Å². The van der Waals surface area contributed by atoms with Crippen LogP contribution in [0.5, 0.6) is 0 Å². The van der Waals surface area contributed by atoms with Gasteiger partial charge in [0.05, 0.1) is 12.5 Å². The summed E-state index contributed by atoms with van der Waals surface area (Å²) < 4.78 is 0. The highest BCUT2D eigenvalue weighted by molar-refractivity contribution is 5.95. The van der Waals surface area contributed by atoms with E-state index >= 15 is 0 Å². The third-order valence-electron chi connectivity index (χ3n) is 8.33. The number of imidazole rings is 1. The normalized spacial score (nSPS) is 26.1. The van der Waals surface area contributed by atoms with Crippen molar-refractivity contribution < 1.29 is 19.2 Å². The predicted molar refractivity (Wildman–Crippen MR) is 154 cm³/mol. The van der Waals surface area contributed by atoms with E-state index in [-0.39, 0.29) is 60.9 Å². The number of hydrogen-bond donors (Lipinski definition) is 5. The van der Waals surface area contributed by atoms with Gasteiger partial charge < -0.3 is 30.8 Å². The first-order chi connectivity index (χ1) is 19.7. The number of benzene rings is 1. The molecule has 3 aromatic rings. The zero-order chi connectivity index (χ0) is 29.1. The van der Waals surface area contributed by atoms with Crippen LogP contribution < -0.4 is 16.0 Å². The van der Waals surface area contributed by atoms with Crippen molar-refractivity contribution in [3.05, 3.63) is 54.2 Å². The Kier molecular flexibility index (Phi) is 8.41. The number of aromatic amines is 2. The smallest absolute Gasteiger partial charge is 0.269 e. The molecule has 2 aromatic heterocycles. The topological polar surface area (TPSA) is 152 Å². The van der Waals surface area contributed by atoms with Crippen LogP contribution in [0.2, 0.25) is 0 Å². The van der Waals surface area contributed by atoms with Gasteiger partial charge in [-0.05, 0) is 42.7 Å². The molecule has 1 aromatic carbocycles. The van der Waals surface area contributed by atoms with Crippen LogP contribution in [0.25, 0.3) is 10.9 Å². The fourth-order valence-corrected chi connectivity index (χ4v) is 5.98. The number of nitrogens with one attached hydrogen (secondary N) is 5. The standard InChI is InChI=1S/C30H39N7O4/c1-17(2)22-9-8-18(3)10-27(38)35-24(11-19-13-32-23-7-5-4-6-21(19)23)30(41)37-15-20(12-26(37)29(40)36-22)34-28(39)25-14-31-16-33-25/h4-7,13-14,16-18,20,22,24,26,32H,8-12,15H2,1-3H3,(H,31,33)(H,34,39)(H,35,38)(H,36,40)/t18-,20-,22+,24-,26+/m1/s1. The summed E-state index contributed by atoms with van der Waals surface area (Å²) >= 11 is 0. The third kappa shape index (κ3) is 6.44. The van der Waals surface area contributed by atoms with Crippen LogP contribution in [0.4, 0.5) is 0 Å². The summed E-state index contributed by atoms with van der Waals surface area (Å²) in [6, 6.07) is 5.63. The molecular formula is C30H39N7O4. The average Bonchev–Trinajstić information content (AvgIpc) is 3.70. The largest absolute Gasteiger partial charge is 0.361 e. The Morgan fingerprint density at radius 3 is 2.68 bits per heavy atom. The Morgan fingerprint density at radius 2 is 1.93 bits per heavy atom. The van der Waals surface area contributed by atoms with Crippen LogP contribution in [0.1, 0.15) is 62.5 Å². The van der Waals surface area contributed by atoms with Crippen LogP contribution >= 0.6 is 0 Å². The highest BCUT2D eigenvalue weighted by Gasteiger charge is 2.43. The van der Waals surface area contributed by atoms with Crippen LogP contribution in [0, 0.1) is 11.8 Å². The van der Waals surface area contributed by atoms with E-state index in [9.17, 15) is 19.2 Å². The fourth-order valence-electron chi connectivity index (χ4n) is 5.98. The van der Waals surface area contributed by atoms with Crippen molar-refractivity contribution in [2.75, 3.05) is 6.54 Å². The van der Waals surface area contributed by atoms with Gasteiger partial charge in [0.25, 0.3) is 5.91 Å². The molecule has 0 spiro atoms. The van der Waals surface area contributed by atoms with Crippen LogP contribution in [0.15, 0.2) is 43.0 Å². The molecule has 0 aliphatic carbocycles.